The van der Waals surface area contributed by atoms with E-state index in [1.807, 2.05) is 0 Å². The Bertz CT molecular complexity index is 1060. The number of carbonyl (C=O) groups is 2. The van der Waals surface area contributed by atoms with E-state index in [4.69, 9.17) is 0 Å². The molecule has 9 nitrogen and oxygen atoms in total. The molecule has 31 heavy (non-hydrogen) atoms. The Labute approximate surface area is 182 Å². The summed E-state index contributed by atoms with van der Waals surface area (Å²) in [5, 5.41) is 5.88. The summed E-state index contributed by atoms with van der Waals surface area (Å²) >= 11 is 0. The summed E-state index contributed by atoms with van der Waals surface area (Å²) < 4.78 is 28.8. The van der Waals surface area contributed by atoms with Crippen molar-refractivity contribution >= 4 is 38.9 Å². The standard InChI is InChI=1S/C21H27N5O4S/c1-15(27)23-17-5-7-18(8-6-17)31(29,30)24-19-14-16(21(28)25(2)3)4-9-20(19)26-12-10-22-11-13-26/h4-9,14,22,24H,10-13H2,1-3H3,(H,23,27). The summed E-state index contributed by atoms with van der Waals surface area (Å²) in [6.07, 6.45) is 0. The van der Waals surface area contributed by atoms with Gasteiger partial charge < -0.3 is 20.4 Å². The van der Waals surface area contributed by atoms with E-state index in [0.29, 0.717) is 16.9 Å². The first-order valence-electron chi connectivity index (χ1n) is 9.89. The van der Waals surface area contributed by atoms with Crippen LogP contribution in [0.3, 0.4) is 0 Å². The quantitative estimate of drug-likeness (QED) is 0.622. The van der Waals surface area contributed by atoms with Crippen LogP contribution in [-0.2, 0) is 14.8 Å². The number of hydrogen-bond donors (Lipinski definition) is 3. The molecule has 0 aromatic heterocycles. The molecule has 1 aliphatic heterocycles. The Morgan fingerprint density at radius 2 is 1.68 bits per heavy atom. The lowest BCUT2D eigenvalue weighted by Crippen LogP contribution is -2.43. The van der Waals surface area contributed by atoms with Crippen LogP contribution in [-0.4, -0.2) is 65.4 Å². The van der Waals surface area contributed by atoms with Gasteiger partial charge in [-0.2, -0.15) is 0 Å². The fourth-order valence-corrected chi connectivity index (χ4v) is 4.38. The summed E-state index contributed by atoms with van der Waals surface area (Å²) in [6, 6.07) is 11.0. The summed E-state index contributed by atoms with van der Waals surface area (Å²) in [5.74, 6) is -0.455. The van der Waals surface area contributed by atoms with E-state index in [2.05, 4.69) is 20.3 Å². The first kappa shape index (κ1) is 22.6. The number of piperazine rings is 1. The first-order chi connectivity index (χ1) is 14.7. The van der Waals surface area contributed by atoms with Gasteiger partial charge in [0.2, 0.25) is 5.91 Å². The highest BCUT2D eigenvalue weighted by Crippen LogP contribution is 2.30. The fourth-order valence-electron chi connectivity index (χ4n) is 3.31. The minimum atomic E-state index is -3.91. The SMILES string of the molecule is CC(=O)Nc1ccc(S(=O)(=O)Nc2cc(C(=O)N(C)C)ccc2N2CCNCC2)cc1. The zero-order chi connectivity index (χ0) is 22.6. The third-order valence-corrected chi connectivity index (χ3v) is 6.22. The number of anilines is 3. The Morgan fingerprint density at radius 3 is 2.26 bits per heavy atom. The van der Waals surface area contributed by atoms with Gasteiger partial charge in [0, 0.05) is 58.4 Å². The second-order valence-electron chi connectivity index (χ2n) is 7.48. The van der Waals surface area contributed by atoms with E-state index in [-0.39, 0.29) is 16.7 Å². The number of nitrogens with zero attached hydrogens (tertiary/aromatic N) is 2. The summed E-state index contributed by atoms with van der Waals surface area (Å²) in [6.45, 7) is 4.40. The van der Waals surface area contributed by atoms with Crippen LogP contribution in [0.5, 0.6) is 0 Å². The predicted octanol–water partition coefficient (Wildman–Crippen LogP) is 1.56. The molecule has 3 N–H and O–H groups in total. The number of carbonyl (C=O) groups excluding carboxylic acids is 2. The molecular formula is C21H27N5O4S. The number of nitrogens with one attached hydrogen (secondary N) is 3. The van der Waals surface area contributed by atoms with Gasteiger partial charge in [0.05, 0.1) is 16.3 Å². The fraction of sp³-hybridized carbons (Fsp3) is 0.333. The Kier molecular flexibility index (Phi) is 6.81. The van der Waals surface area contributed by atoms with Gasteiger partial charge in [-0.3, -0.25) is 14.3 Å². The maximum absolute atomic E-state index is 13.1. The molecule has 0 bridgehead atoms. The van der Waals surface area contributed by atoms with E-state index in [0.717, 1.165) is 31.9 Å². The van der Waals surface area contributed by atoms with Gasteiger partial charge in [0.15, 0.2) is 0 Å². The van der Waals surface area contributed by atoms with Crippen molar-refractivity contribution in [3.05, 3.63) is 48.0 Å². The third kappa shape index (κ3) is 5.53. The van der Waals surface area contributed by atoms with Crippen molar-refractivity contribution in [2.24, 2.45) is 0 Å². The molecule has 1 aliphatic rings. The molecule has 0 atom stereocenters. The van der Waals surface area contributed by atoms with E-state index in [1.54, 1.807) is 32.3 Å². The largest absolute Gasteiger partial charge is 0.367 e. The molecule has 1 heterocycles. The molecule has 1 fully saturated rings. The Balaban J connectivity index is 1.95. The van der Waals surface area contributed by atoms with Gasteiger partial charge in [-0.15, -0.1) is 0 Å². The van der Waals surface area contributed by atoms with Crippen LogP contribution in [0.1, 0.15) is 17.3 Å². The van der Waals surface area contributed by atoms with Crippen LogP contribution < -0.4 is 20.3 Å². The first-order valence-corrected chi connectivity index (χ1v) is 11.4. The van der Waals surface area contributed by atoms with E-state index < -0.39 is 10.0 Å². The van der Waals surface area contributed by atoms with Crippen LogP contribution >= 0.6 is 0 Å². The van der Waals surface area contributed by atoms with Crippen molar-refractivity contribution in [2.75, 3.05) is 55.2 Å². The van der Waals surface area contributed by atoms with Crippen LogP contribution in [0, 0.1) is 0 Å². The van der Waals surface area contributed by atoms with Crippen LogP contribution in [0.4, 0.5) is 17.1 Å². The molecule has 166 valence electrons. The molecule has 2 aromatic carbocycles. The predicted molar refractivity (Wildman–Crippen MR) is 121 cm³/mol. The van der Waals surface area contributed by atoms with E-state index in [1.165, 1.54) is 36.1 Å². The molecule has 2 amide bonds. The third-order valence-electron chi connectivity index (χ3n) is 4.84. The number of hydrogen-bond acceptors (Lipinski definition) is 6. The molecule has 0 radical (unpaired) electrons. The molecular weight excluding hydrogens is 418 g/mol. The van der Waals surface area contributed by atoms with Crippen molar-refractivity contribution in [2.45, 2.75) is 11.8 Å². The maximum Gasteiger partial charge on any atom is 0.261 e. The van der Waals surface area contributed by atoms with Gasteiger partial charge in [0.1, 0.15) is 0 Å². The summed E-state index contributed by atoms with van der Waals surface area (Å²) in [5.41, 5.74) is 1.96. The average molecular weight is 446 g/mol. The molecule has 0 spiro atoms. The van der Waals surface area contributed by atoms with Crippen molar-refractivity contribution in [1.82, 2.24) is 10.2 Å². The lowest BCUT2D eigenvalue weighted by Gasteiger charge is -2.31. The van der Waals surface area contributed by atoms with Crippen molar-refractivity contribution in [1.29, 1.82) is 0 Å². The second kappa shape index (κ2) is 9.36. The minimum Gasteiger partial charge on any atom is -0.367 e. The number of benzene rings is 2. The molecule has 0 aliphatic carbocycles. The monoisotopic (exact) mass is 445 g/mol. The van der Waals surface area contributed by atoms with Gasteiger partial charge >= 0.3 is 0 Å². The van der Waals surface area contributed by atoms with Crippen molar-refractivity contribution in [3.63, 3.8) is 0 Å². The minimum absolute atomic E-state index is 0.0530. The molecule has 10 heteroatoms. The molecule has 3 rings (SSSR count). The van der Waals surface area contributed by atoms with Crippen LogP contribution in [0.15, 0.2) is 47.4 Å². The van der Waals surface area contributed by atoms with E-state index in [9.17, 15) is 18.0 Å². The highest BCUT2D eigenvalue weighted by molar-refractivity contribution is 7.92. The maximum atomic E-state index is 13.1. The van der Waals surface area contributed by atoms with Crippen LogP contribution in [0.2, 0.25) is 0 Å². The second-order valence-corrected chi connectivity index (χ2v) is 9.16. The Hall–Kier alpha value is -3.11. The van der Waals surface area contributed by atoms with Crippen molar-refractivity contribution in [3.8, 4) is 0 Å². The topological polar surface area (TPSA) is 111 Å². The number of amides is 2. The molecule has 1 saturated heterocycles. The normalized spacial score (nSPS) is 14.1. The smallest absolute Gasteiger partial charge is 0.261 e. The van der Waals surface area contributed by atoms with Gasteiger partial charge in [-0.25, -0.2) is 8.42 Å². The number of sulfonamides is 1. The number of rotatable bonds is 6. The zero-order valence-corrected chi connectivity index (χ0v) is 18.6. The lowest BCUT2D eigenvalue weighted by molar-refractivity contribution is -0.114. The summed E-state index contributed by atoms with van der Waals surface area (Å²) in [7, 11) is -0.621. The highest BCUT2D eigenvalue weighted by atomic mass is 32.2. The van der Waals surface area contributed by atoms with Crippen LogP contribution in [0.25, 0.3) is 0 Å². The molecule has 2 aromatic rings. The zero-order valence-electron chi connectivity index (χ0n) is 17.8. The summed E-state index contributed by atoms with van der Waals surface area (Å²) in [4.78, 5) is 27.2. The van der Waals surface area contributed by atoms with Crippen molar-refractivity contribution < 1.29 is 18.0 Å². The van der Waals surface area contributed by atoms with Gasteiger partial charge in [-0.1, -0.05) is 0 Å². The molecule has 0 saturated carbocycles. The lowest BCUT2D eigenvalue weighted by atomic mass is 10.1. The van der Waals surface area contributed by atoms with Gasteiger partial charge in [-0.05, 0) is 42.5 Å². The highest BCUT2D eigenvalue weighted by Gasteiger charge is 2.22. The van der Waals surface area contributed by atoms with Gasteiger partial charge in [0.25, 0.3) is 15.9 Å². The Morgan fingerprint density at radius 1 is 1.03 bits per heavy atom. The molecule has 0 unspecified atom stereocenters. The average Bonchev–Trinajstić information content (AvgIpc) is 2.73. The van der Waals surface area contributed by atoms with E-state index >= 15 is 0 Å².